The molecule has 0 aliphatic heterocycles. The van der Waals surface area contributed by atoms with Crippen LogP contribution in [0.2, 0.25) is 0 Å². The zero-order valence-corrected chi connectivity index (χ0v) is 13.8. The molecule has 7 heteroatoms. The van der Waals surface area contributed by atoms with Crippen LogP contribution in [0.15, 0.2) is 48.7 Å². The summed E-state index contributed by atoms with van der Waals surface area (Å²) in [6, 6.07) is 12.3. The summed E-state index contributed by atoms with van der Waals surface area (Å²) in [6.45, 7) is 0.276. The number of alkyl halides is 3. The van der Waals surface area contributed by atoms with E-state index in [-0.39, 0.29) is 6.54 Å². The molecule has 0 aliphatic rings. The maximum atomic E-state index is 12.6. The number of aromatic nitrogens is 1. The summed E-state index contributed by atoms with van der Waals surface area (Å²) in [5.41, 5.74) is 1.56. The van der Waals surface area contributed by atoms with E-state index < -0.39 is 11.7 Å². The maximum Gasteiger partial charge on any atom is 0.416 e. The first-order chi connectivity index (χ1) is 12.4. The van der Waals surface area contributed by atoms with Gasteiger partial charge in [0.2, 0.25) is 0 Å². The number of nitriles is 1. The number of benzene rings is 2. The van der Waals surface area contributed by atoms with Gasteiger partial charge in [-0.25, -0.2) is 0 Å². The number of ether oxygens (including phenoxy) is 1. The van der Waals surface area contributed by atoms with Gasteiger partial charge in [0.15, 0.2) is 0 Å². The van der Waals surface area contributed by atoms with Gasteiger partial charge in [0.05, 0.1) is 29.4 Å². The summed E-state index contributed by atoms with van der Waals surface area (Å²) in [7, 11) is 1.55. The number of anilines is 1. The Morgan fingerprint density at radius 3 is 2.50 bits per heavy atom. The van der Waals surface area contributed by atoms with Gasteiger partial charge in [0.25, 0.3) is 0 Å². The van der Waals surface area contributed by atoms with Crippen molar-refractivity contribution in [2.75, 3.05) is 12.4 Å². The van der Waals surface area contributed by atoms with Gasteiger partial charge >= 0.3 is 6.18 Å². The van der Waals surface area contributed by atoms with Crippen molar-refractivity contribution in [3.8, 4) is 11.8 Å². The van der Waals surface area contributed by atoms with Gasteiger partial charge in [-0.05, 0) is 29.8 Å². The molecule has 26 heavy (non-hydrogen) atoms. The molecule has 1 N–H and O–H groups in total. The van der Waals surface area contributed by atoms with E-state index in [1.807, 2.05) is 0 Å². The Morgan fingerprint density at radius 2 is 1.88 bits per heavy atom. The molecule has 0 radical (unpaired) electrons. The Morgan fingerprint density at radius 1 is 1.15 bits per heavy atom. The molecule has 1 aromatic heterocycles. The van der Waals surface area contributed by atoms with Crippen LogP contribution in [0.4, 0.5) is 18.9 Å². The fourth-order valence-electron chi connectivity index (χ4n) is 2.58. The van der Waals surface area contributed by atoms with E-state index in [1.54, 1.807) is 25.3 Å². The standard InChI is InChI=1S/C19H14F3N3O/c1-26-15-6-7-16-17(8-15)24-11-13(9-23)18(16)25-10-12-2-4-14(5-3-12)19(20,21)22/h2-8,11H,10H2,1H3,(H,24,25). The van der Waals surface area contributed by atoms with Crippen LogP contribution in [-0.2, 0) is 12.7 Å². The summed E-state index contributed by atoms with van der Waals surface area (Å²) in [6.07, 6.45) is -2.91. The van der Waals surface area contributed by atoms with Gasteiger partial charge in [0, 0.05) is 24.2 Å². The van der Waals surface area contributed by atoms with Crippen molar-refractivity contribution in [3.63, 3.8) is 0 Å². The first-order valence-electron chi connectivity index (χ1n) is 7.69. The number of pyridine rings is 1. The highest BCUT2D eigenvalue weighted by atomic mass is 19.4. The van der Waals surface area contributed by atoms with Gasteiger partial charge in [0.1, 0.15) is 11.8 Å². The lowest BCUT2D eigenvalue weighted by Crippen LogP contribution is -2.06. The highest BCUT2D eigenvalue weighted by Crippen LogP contribution is 2.30. The predicted octanol–water partition coefficient (Wildman–Crippen LogP) is 4.75. The third-order valence-corrected chi connectivity index (χ3v) is 3.95. The molecule has 0 fully saturated rings. The SMILES string of the molecule is COc1ccc2c(NCc3ccc(C(F)(F)F)cc3)c(C#N)cnc2c1. The lowest BCUT2D eigenvalue weighted by atomic mass is 10.1. The number of rotatable bonds is 4. The lowest BCUT2D eigenvalue weighted by Gasteiger charge is -2.13. The molecule has 4 nitrogen and oxygen atoms in total. The molecule has 0 atom stereocenters. The maximum absolute atomic E-state index is 12.6. The molecule has 2 aromatic carbocycles. The van der Waals surface area contributed by atoms with Crippen molar-refractivity contribution in [1.29, 1.82) is 5.26 Å². The minimum Gasteiger partial charge on any atom is -0.497 e. The van der Waals surface area contributed by atoms with E-state index in [9.17, 15) is 18.4 Å². The van der Waals surface area contributed by atoms with Crippen molar-refractivity contribution >= 4 is 16.6 Å². The van der Waals surface area contributed by atoms with Crippen LogP contribution >= 0.6 is 0 Å². The second-order valence-corrected chi connectivity index (χ2v) is 5.59. The molecule has 0 saturated heterocycles. The molecular weight excluding hydrogens is 343 g/mol. The minimum atomic E-state index is -4.36. The average Bonchev–Trinajstić information content (AvgIpc) is 2.65. The van der Waals surface area contributed by atoms with Crippen molar-refractivity contribution in [1.82, 2.24) is 4.98 Å². The number of hydrogen-bond acceptors (Lipinski definition) is 4. The first kappa shape index (κ1) is 17.5. The molecule has 0 amide bonds. The summed E-state index contributed by atoms with van der Waals surface area (Å²) >= 11 is 0. The molecule has 1 heterocycles. The summed E-state index contributed by atoms with van der Waals surface area (Å²) in [4.78, 5) is 4.25. The van der Waals surface area contributed by atoms with Gasteiger partial charge in [-0.3, -0.25) is 4.98 Å². The van der Waals surface area contributed by atoms with Gasteiger partial charge in [-0.1, -0.05) is 12.1 Å². The second kappa shape index (κ2) is 6.92. The van der Waals surface area contributed by atoms with Crippen LogP contribution in [0.5, 0.6) is 5.75 Å². The number of nitrogens with zero attached hydrogens (tertiary/aromatic N) is 2. The van der Waals surface area contributed by atoms with Crippen LogP contribution in [-0.4, -0.2) is 12.1 Å². The highest BCUT2D eigenvalue weighted by Gasteiger charge is 2.29. The fraction of sp³-hybridized carbons (Fsp3) is 0.158. The van der Waals surface area contributed by atoms with E-state index in [1.165, 1.54) is 18.3 Å². The molecule has 0 aliphatic carbocycles. The van der Waals surface area contributed by atoms with Crippen molar-refractivity contribution < 1.29 is 17.9 Å². The van der Waals surface area contributed by atoms with Crippen molar-refractivity contribution in [3.05, 3.63) is 65.4 Å². The van der Waals surface area contributed by atoms with Crippen LogP contribution in [0.25, 0.3) is 10.9 Å². The Bertz CT molecular complexity index is 976. The Labute approximate surface area is 147 Å². The van der Waals surface area contributed by atoms with Gasteiger partial charge in [-0.15, -0.1) is 0 Å². The summed E-state index contributed by atoms with van der Waals surface area (Å²) in [5, 5.41) is 13.2. The number of hydrogen-bond donors (Lipinski definition) is 1. The van der Waals surface area contributed by atoms with Gasteiger partial charge in [-0.2, -0.15) is 18.4 Å². The van der Waals surface area contributed by atoms with Crippen LogP contribution < -0.4 is 10.1 Å². The molecule has 132 valence electrons. The van der Waals surface area contributed by atoms with Crippen molar-refractivity contribution in [2.45, 2.75) is 12.7 Å². The van der Waals surface area contributed by atoms with Crippen LogP contribution in [0.3, 0.4) is 0 Å². The largest absolute Gasteiger partial charge is 0.497 e. The Kier molecular flexibility index (Phi) is 4.67. The first-order valence-corrected chi connectivity index (χ1v) is 7.69. The van der Waals surface area contributed by atoms with E-state index in [2.05, 4.69) is 16.4 Å². The average molecular weight is 357 g/mol. The normalized spacial score (nSPS) is 11.2. The lowest BCUT2D eigenvalue weighted by molar-refractivity contribution is -0.137. The smallest absolute Gasteiger partial charge is 0.416 e. The topological polar surface area (TPSA) is 57.9 Å². The van der Waals surface area contributed by atoms with Gasteiger partial charge < -0.3 is 10.1 Å². The van der Waals surface area contributed by atoms with E-state index >= 15 is 0 Å². The van der Waals surface area contributed by atoms with Crippen LogP contribution in [0, 0.1) is 11.3 Å². The monoisotopic (exact) mass is 357 g/mol. The van der Waals surface area contributed by atoms with Crippen molar-refractivity contribution in [2.24, 2.45) is 0 Å². The molecule has 0 saturated carbocycles. The number of halogens is 3. The predicted molar refractivity (Wildman–Crippen MR) is 91.8 cm³/mol. The third-order valence-electron chi connectivity index (χ3n) is 3.95. The molecular formula is C19H14F3N3O. The number of nitrogens with one attached hydrogen (secondary N) is 1. The Hall–Kier alpha value is -3.27. The second-order valence-electron chi connectivity index (χ2n) is 5.59. The zero-order chi connectivity index (χ0) is 18.7. The van der Waals surface area contributed by atoms with Crippen LogP contribution in [0.1, 0.15) is 16.7 Å². The van der Waals surface area contributed by atoms with E-state index in [4.69, 9.17) is 4.74 Å². The summed E-state index contributed by atoms with van der Waals surface area (Å²) < 4.78 is 43.1. The quantitative estimate of drug-likeness (QED) is 0.732. The molecule has 0 bridgehead atoms. The number of methoxy groups -OCH3 is 1. The summed E-state index contributed by atoms with van der Waals surface area (Å²) in [5.74, 6) is 0.642. The van der Waals surface area contributed by atoms with E-state index in [0.29, 0.717) is 28.1 Å². The minimum absolute atomic E-state index is 0.276. The van der Waals surface area contributed by atoms with E-state index in [0.717, 1.165) is 17.5 Å². The molecule has 0 spiro atoms. The number of fused-ring (bicyclic) bond motifs is 1. The molecule has 0 unspecified atom stereocenters. The highest BCUT2D eigenvalue weighted by molar-refractivity contribution is 5.94. The zero-order valence-electron chi connectivity index (χ0n) is 13.8. The molecule has 3 rings (SSSR count). The third kappa shape index (κ3) is 3.54. The fourth-order valence-corrected chi connectivity index (χ4v) is 2.58. The molecule has 3 aromatic rings. The Balaban J connectivity index is 1.89.